The average molecular weight is 294 g/mol. The van der Waals surface area contributed by atoms with Gasteiger partial charge in [0.05, 0.1) is 0 Å². The van der Waals surface area contributed by atoms with Crippen LogP contribution < -0.4 is 10.6 Å². The van der Waals surface area contributed by atoms with Gasteiger partial charge in [-0.1, -0.05) is 33.1 Å². The zero-order valence-corrected chi connectivity index (χ0v) is 13.9. The largest absolute Gasteiger partial charge is 0.357 e. The zero-order chi connectivity index (χ0) is 15.5. The fraction of sp³-hybridized carbons (Fsp3) is 0.800. The van der Waals surface area contributed by atoms with Crippen LogP contribution in [0.3, 0.4) is 0 Å². The van der Waals surface area contributed by atoms with Crippen LogP contribution in [0.15, 0.2) is 11.3 Å². The maximum absolute atomic E-state index is 4.57. The van der Waals surface area contributed by atoms with Gasteiger partial charge >= 0.3 is 0 Å². The Labute approximate surface area is 128 Å². The van der Waals surface area contributed by atoms with Gasteiger partial charge in [0.2, 0.25) is 0 Å². The van der Waals surface area contributed by atoms with E-state index in [1.165, 1.54) is 25.7 Å². The zero-order valence-electron chi connectivity index (χ0n) is 13.9. The minimum Gasteiger partial charge on any atom is -0.357 e. The third kappa shape index (κ3) is 6.60. The molecule has 1 aromatic heterocycles. The molecule has 0 aliphatic rings. The number of hydrogen-bond donors (Lipinski definition) is 2. The second-order valence-corrected chi connectivity index (χ2v) is 5.29. The summed E-state index contributed by atoms with van der Waals surface area (Å²) in [5, 5.41) is 10.8. The molecule has 2 N–H and O–H groups in total. The van der Waals surface area contributed by atoms with Crippen molar-refractivity contribution in [2.75, 3.05) is 13.1 Å². The van der Waals surface area contributed by atoms with E-state index in [-0.39, 0.29) is 0 Å². The van der Waals surface area contributed by atoms with Crippen LogP contribution in [0.4, 0.5) is 0 Å². The maximum atomic E-state index is 4.57. The number of nitrogens with one attached hydrogen (secondary N) is 2. The Kier molecular flexibility index (Phi) is 8.47. The number of rotatable bonds is 9. The van der Waals surface area contributed by atoms with Crippen LogP contribution in [0.5, 0.6) is 0 Å². The molecule has 0 amide bonds. The number of unbranched alkanes of at least 4 members (excludes halogenated alkanes) is 1. The number of aliphatic imine (C=N–C) groups is 1. The molecule has 0 aliphatic carbocycles. The van der Waals surface area contributed by atoms with Gasteiger partial charge in [0.25, 0.3) is 0 Å². The molecule has 0 aromatic carbocycles. The van der Waals surface area contributed by atoms with Gasteiger partial charge in [-0.05, 0) is 19.3 Å². The number of guanidine groups is 1. The lowest BCUT2D eigenvalue weighted by atomic mass is 9.99. The van der Waals surface area contributed by atoms with E-state index in [0.29, 0.717) is 12.5 Å². The van der Waals surface area contributed by atoms with Crippen molar-refractivity contribution in [1.29, 1.82) is 0 Å². The topological polar surface area (TPSA) is 67.1 Å². The molecule has 1 aromatic rings. The smallest absolute Gasteiger partial charge is 0.191 e. The second-order valence-electron chi connectivity index (χ2n) is 5.29. The molecule has 1 unspecified atom stereocenters. The Bertz CT molecular complexity index is 412. The van der Waals surface area contributed by atoms with Crippen molar-refractivity contribution in [2.45, 2.75) is 53.0 Å². The number of aromatic nitrogens is 3. The minimum atomic E-state index is 0.539. The molecule has 1 heterocycles. The number of nitrogens with zero attached hydrogens (tertiary/aromatic N) is 4. The van der Waals surface area contributed by atoms with Crippen LogP contribution in [0.1, 0.15) is 52.3 Å². The quantitative estimate of drug-likeness (QED) is 0.540. The van der Waals surface area contributed by atoms with Gasteiger partial charge < -0.3 is 10.6 Å². The first-order chi connectivity index (χ1) is 10.2. The highest BCUT2D eigenvalue weighted by Crippen LogP contribution is 2.11. The van der Waals surface area contributed by atoms with Crippen molar-refractivity contribution in [3.05, 3.63) is 12.2 Å². The molecule has 21 heavy (non-hydrogen) atoms. The molecule has 0 spiro atoms. The van der Waals surface area contributed by atoms with E-state index in [0.717, 1.165) is 24.9 Å². The lowest BCUT2D eigenvalue weighted by Crippen LogP contribution is -2.39. The van der Waals surface area contributed by atoms with E-state index in [9.17, 15) is 0 Å². The summed E-state index contributed by atoms with van der Waals surface area (Å²) in [6, 6.07) is 0. The first-order valence-electron chi connectivity index (χ1n) is 8.06. The molecule has 6 nitrogen and oxygen atoms in total. The molecular formula is C15H30N6. The lowest BCUT2D eigenvalue weighted by Gasteiger charge is -2.17. The average Bonchev–Trinajstić information content (AvgIpc) is 2.90. The highest BCUT2D eigenvalue weighted by Gasteiger charge is 2.07. The highest BCUT2D eigenvalue weighted by molar-refractivity contribution is 5.79. The van der Waals surface area contributed by atoms with Crippen molar-refractivity contribution < 1.29 is 0 Å². The fourth-order valence-electron chi connectivity index (χ4n) is 2.14. The fourth-order valence-corrected chi connectivity index (χ4v) is 2.14. The molecular weight excluding hydrogens is 264 g/mol. The Morgan fingerprint density at radius 3 is 2.71 bits per heavy atom. The van der Waals surface area contributed by atoms with Crippen LogP contribution in [0.25, 0.3) is 0 Å². The molecule has 6 heteroatoms. The van der Waals surface area contributed by atoms with Crippen molar-refractivity contribution in [3.8, 4) is 0 Å². The lowest BCUT2D eigenvalue weighted by molar-refractivity contribution is 0.443. The van der Waals surface area contributed by atoms with Gasteiger partial charge in [0.1, 0.15) is 18.7 Å². The molecule has 0 fully saturated rings. The van der Waals surface area contributed by atoms with E-state index in [1.54, 1.807) is 11.0 Å². The summed E-state index contributed by atoms with van der Waals surface area (Å²) in [5.41, 5.74) is 0. The van der Waals surface area contributed by atoms with E-state index in [1.807, 2.05) is 7.05 Å². The molecule has 0 radical (unpaired) electrons. The second kappa shape index (κ2) is 10.2. The van der Waals surface area contributed by atoms with Crippen molar-refractivity contribution >= 4 is 5.96 Å². The third-order valence-electron chi connectivity index (χ3n) is 3.63. The summed E-state index contributed by atoms with van der Waals surface area (Å²) in [7, 11) is 1.88. The van der Waals surface area contributed by atoms with Gasteiger partial charge in [-0.15, -0.1) is 0 Å². The molecule has 120 valence electrons. The molecule has 0 aliphatic heterocycles. The van der Waals surface area contributed by atoms with E-state index < -0.39 is 0 Å². The first-order valence-corrected chi connectivity index (χ1v) is 8.06. The summed E-state index contributed by atoms with van der Waals surface area (Å²) < 4.78 is 1.75. The highest BCUT2D eigenvalue weighted by atomic mass is 15.3. The van der Waals surface area contributed by atoms with E-state index >= 15 is 0 Å². The molecule has 0 saturated heterocycles. The summed E-state index contributed by atoms with van der Waals surface area (Å²) in [6.45, 7) is 8.95. The van der Waals surface area contributed by atoms with Gasteiger partial charge in [-0.3, -0.25) is 4.68 Å². The Morgan fingerprint density at radius 2 is 2.14 bits per heavy atom. The Hall–Kier alpha value is -1.59. The SMILES string of the molecule is CCCCC(CC)CNC(=NCc1ncnn1C)NCC. The predicted molar refractivity (Wildman–Crippen MR) is 87.1 cm³/mol. The summed E-state index contributed by atoms with van der Waals surface area (Å²) in [5.74, 6) is 2.43. The molecule has 1 atom stereocenters. The molecule has 0 bridgehead atoms. The van der Waals surface area contributed by atoms with E-state index in [4.69, 9.17) is 0 Å². The maximum Gasteiger partial charge on any atom is 0.191 e. The van der Waals surface area contributed by atoms with Crippen LogP contribution >= 0.6 is 0 Å². The molecule has 0 saturated carbocycles. The summed E-state index contributed by atoms with van der Waals surface area (Å²) in [4.78, 5) is 8.76. The third-order valence-corrected chi connectivity index (χ3v) is 3.63. The van der Waals surface area contributed by atoms with Crippen molar-refractivity contribution in [1.82, 2.24) is 25.4 Å². The number of aryl methyl sites for hydroxylation is 1. The Balaban J connectivity index is 2.50. The number of hydrogen-bond acceptors (Lipinski definition) is 3. The van der Waals surface area contributed by atoms with E-state index in [2.05, 4.69) is 46.5 Å². The van der Waals surface area contributed by atoms with Gasteiger partial charge in [-0.2, -0.15) is 5.10 Å². The predicted octanol–water partition coefficient (Wildman–Crippen LogP) is 2.09. The normalized spacial score (nSPS) is 13.2. The van der Waals surface area contributed by atoms with Crippen molar-refractivity contribution in [3.63, 3.8) is 0 Å². The van der Waals surface area contributed by atoms with Crippen LogP contribution in [-0.2, 0) is 13.6 Å². The Morgan fingerprint density at radius 1 is 1.33 bits per heavy atom. The van der Waals surface area contributed by atoms with Crippen LogP contribution in [-0.4, -0.2) is 33.8 Å². The summed E-state index contributed by atoms with van der Waals surface area (Å²) >= 11 is 0. The van der Waals surface area contributed by atoms with Crippen LogP contribution in [0, 0.1) is 5.92 Å². The monoisotopic (exact) mass is 294 g/mol. The first kappa shape index (κ1) is 17.5. The van der Waals surface area contributed by atoms with Crippen molar-refractivity contribution in [2.24, 2.45) is 18.0 Å². The van der Waals surface area contributed by atoms with Gasteiger partial charge in [0, 0.05) is 20.1 Å². The minimum absolute atomic E-state index is 0.539. The van der Waals surface area contributed by atoms with Gasteiger partial charge in [0.15, 0.2) is 5.96 Å². The van der Waals surface area contributed by atoms with Crippen LogP contribution in [0.2, 0.25) is 0 Å². The summed E-state index contributed by atoms with van der Waals surface area (Å²) in [6.07, 6.45) is 6.60. The standard InChI is InChI=1S/C15H30N6/c1-5-8-9-13(6-2)10-17-15(16-7-3)18-11-14-19-12-20-21(14)4/h12-13H,5-11H2,1-4H3,(H2,16,17,18). The van der Waals surface area contributed by atoms with Gasteiger partial charge in [-0.25, -0.2) is 9.98 Å². The molecule has 1 rings (SSSR count).